The monoisotopic (exact) mass is 240 g/mol. The molecule has 0 spiro atoms. The molecule has 0 saturated carbocycles. The van der Waals surface area contributed by atoms with E-state index in [4.69, 9.17) is 4.74 Å². The third kappa shape index (κ3) is 11.0. The molecule has 5 nitrogen and oxygen atoms in total. The van der Waals surface area contributed by atoms with Crippen molar-refractivity contribution in [1.82, 2.24) is 0 Å². The second kappa shape index (κ2) is 12.8. The van der Waals surface area contributed by atoms with E-state index in [-0.39, 0.29) is 6.10 Å². The van der Waals surface area contributed by atoms with Crippen LogP contribution >= 0.6 is 0 Å². The summed E-state index contributed by atoms with van der Waals surface area (Å²) in [5, 5.41) is 0. The van der Waals surface area contributed by atoms with E-state index in [1.807, 2.05) is 0 Å². The van der Waals surface area contributed by atoms with Gasteiger partial charge < -0.3 is 4.74 Å². The molecular formula is C12H20N2O3. The van der Waals surface area contributed by atoms with Gasteiger partial charge in [-0.2, -0.15) is 0 Å². The second-order valence-corrected chi connectivity index (χ2v) is 3.72. The highest BCUT2D eigenvalue weighted by atomic mass is 16.5. The lowest BCUT2D eigenvalue weighted by Crippen LogP contribution is -2.15. The van der Waals surface area contributed by atoms with Crippen molar-refractivity contribution >= 4 is 12.2 Å². The average Bonchev–Trinajstić information content (AvgIpc) is 2.34. The van der Waals surface area contributed by atoms with Crippen LogP contribution in [-0.4, -0.2) is 38.0 Å². The Bertz CT molecular complexity index is 269. The number of isocyanates is 2. The molecule has 0 aromatic carbocycles. The predicted octanol–water partition coefficient (Wildman–Crippen LogP) is 2.01. The topological polar surface area (TPSA) is 68.1 Å². The summed E-state index contributed by atoms with van der Waals surface area (Å²) in [6.45, 7) is 3.75. The fraction of sp³-hybridized carbons (Fsp3) is 0.833. The van der Waals surface area contributed by atoms with Crippen molar-refractivity contribution in [2.45, 2.75) is 45.1 Å². The molecule has 0 saturated heterocycles. The number of unbranched alkanes of at least 4 members (excludes halogenated alkanes) is 1. The Morgan fingerprint density at radius 3 is 2.41 bits per heavy atom. The first-order chi connectivity index (χ1) is 8.35. The van der Waals surface area contributed by atoms with Gasteiger partial charge in [-0.3, -0.25) is 0 Å². The minimum absolute atomic E-state index is 0.0838. The molecule has 0 bridgehead atoms. The van der Waals surface area contributed by atoms with Gasteiger partial charge in [0.1, 0.15) is 0 Å². The Morgan fingerprint density at radius 2 is 1.76 bits per heavy atom. The number of ether oxygens (including phenoxy) is 1. The fourth-order valence-electron chi connectivity index (χ4n) is 1.40. The van der Waals surface area contributed by atoms with Crippen LogP contribution in [0.25, 0.3) is 0 Å². The molecule has 0 amide bonds. The molecule has 0 radical (unpaired) electrons. The van der Waals surface area contributed by atoms with E-state index in [0.29, 0.717) is 19.5 Å². The summed E-state index contributed by atoms with van der Waals surface area (Å²) in [7, 11) is 0. The Labute approximate surface area is 102 Å². The molecule has 96 valence electrons. The SMILES string of the molecule is CCCCOC(CCCN=C=O)CCN=C=O. The highest BCUT2D eigenvalue weighted by Gasteiger charge is 2.08. The highest BCUT2D eigenvalue weighted by molar-refractivity contribution is 5.32. The molecule has 0 rings (SSSR count). The molecule has 0 N–H and O–H groups in total. The van der Waals surface area contributed by atoms with E-state index in [1.165, 1.54) is 12.2 Å². The van der Waals surface area contributed by atoms with Crippen molar-refractivity contribution < 1.29 is 14.3 Å². The van der Waals surface area contributed by atoms with Crippen LogP contribution in [0.15, 0.2) is 9.98 Å². The summed E-state index contributed by atoms with van der Waals surface area (Å²) in [5.74, 6) is 0. The largest absolute Gasteiger partial charge is 0.378 e. The number of carbonyl (C=O) groups excluding carboxylic acids is 2. The Hall–Kier alpha value is -1.28. The maximum atomic E-state index is 9.96. The van der Waals surface area contributed by atoms with E-state index in [2.05, 4.69) is 16.9 Å². The Morgan fingerprint density at radius 1 is 1.06 bits per heavy atom. The van der Waals surface area contributed by atoms with Crippen LogP contribution in [0.3, 0.4) is 0 Å². The molecule has 0 aromatic rings. The molecule has 1 unspecified atom stereocenters. The van der Waals surface area contributed by atoms with E-state index in [1.54, 1.807) is 0 Å². The summed E-state index contributed by atoms with van der Waals surface area (Å²) in [6.07, 6.45) is 7.55. The lowest BCUT2D eigenvalue weighted by Gasteiger charge is -2.16. The standard InChI is InChI=1S/C12H20N2O3/c1-2-3-9-17-12(6-8-14-11-16)5-4-7-13-10-15/h12H,2-9H2,1H3. The molecule has 0 aliphatic rings. The van der Waals surface area contributed by atoms with Crippen molar-refractivity contribution in [2.24, 2.45) is 9.98 Å². The molecule has 0 aliphatic carbocycles. The van der Waals surface area contributed by atoms with Crippen LogP contribution < -0.4 is 0 Å². The van der Waals surface area contributed by atoms with Gasteiger partial charge in [-0.15, -0.1) is 0 Å². The quantitative estimate of drug-likeness (QED) is 0.315. The van der Waals surface area contributed by atoms with Crippen molar-refractivity contribution in [2.75, 3.05) is 19.7 Å². The number of aliphatic imine (C=N–C) groups is 2. The van der Waals surface area contributed by atoms with Crippen molar-refractivity contribution in [3.8, 4) is 0 Å². The van der Waals surface area contributed by atoms with Gasteiger partial charge in [0.05, 0.1) is 19.2 Å². The van der Waals surface area contributed by atoms with Crippen LogP contribution in [0.4, 0.5) is 0 Å². The summed E-state index contributed by atoms with van der Waals surface area (Å²) in [6, 6.07) is 0. The van der Waals surface area contributed by atoms with E-state index in [9.17, 15) is 9.59 Å². The molecule has 0 heterocycles. The van der Waals surface area contributed by atoms with Gasteiger partial charge in [0.2, 0.25) is 12.2 Å². The molecule has 5 heteroatoms. The van der Waals surface area contributed by atoms with Gasteiger partial charge in [-0.05, 0) is 25.7 Å². The zero-order valence-corrected chi connectivity index (χ0v) is 10.4. The smallest absolute Gasteiger partial charge is 0.234 e. The molecule has 0 aliphatic heterocycles. The van der Waals surface area contributed by atoms with E-state index < -0.39 is 0 Å². The summed E-state index contributed by atoms with van der Waals surface area (Å²) in [5.41, 5.74) is 0. The lowest BCUT2D eigenvalue weighted by atomic mass is 10.1. The van der Waals surface area contributed by atoms with Crippen LogP contribution in [0.2, 0.25) is 0 Å². The summed E-state index contributed by atoms with van der Waals surface area (Å²) in [4.78, 5) is 26.8. The minimum atomic E-state index is 0.0838. The van der Waals surface area contributed by atoms with Gasteiger partial charge in [0.15, 0.2) is 0 Å². The average molecular weight is 240 g/mol. The first kappa shape index (κ1) is 15.7. The van der Waals surface area contributed by atoms with Crippen molar-refractivity contribution in [3.05, 3.63) is 0 Å². The lowest BCUT2D eigenvalue weighted by molar-refractivity contribution is 0.0408. The van der Waals surface area contributed by atoms with E-state index in [0.717, 1.165) is 32.3 Å². The second-order valence-electron chi connectivity index (χ2n) is 3.72. The Balaban J connectivity index is 3.82. The normalized spacial score (nSPS) is 11.4. The third-order valence-electron chi connectivity index (χ3n) is 2.34. The zero-order chi connectivity index (χ0) is 12.8. The molecule has 1 atom stereocenters. The van der Waals surface area contributed by atoms with Crippen LogP contribution in [0.5, 0.6) is 0 Å². The Kier molecular flexibility index (Phi) is 11.8. The minimum Gasteiger partial charge on any atom is -0.378 e. The predicted molar refractivity (Wildman–Crippen MR) is 64.5 cm³/mol. The van der Waals surface area contributed by atoms with Crippen LogP contribution in [-0.2, 0) is 14.3 Å². The first-order valence-corrected chi connectivity index (χ1v) is 6.04. The van der Waals surface area contributed by atoms with Crippen molar-refractivity contribution in [3.63, 3.8) is 0 Å². The van der Waals surface area contributed by atoms with Crippen LogP contribution in [0, 0.1) is 0 Å². The number of rotatable bonds is 11. The molecule has 17 heavy (non-hydrogen) atoms. The third-order valence-corrected chi connectivity index (χ3v) is 2.34. The van der Waals surface area contributed by atoms with E-state index >= 15 is 0 Å². The molecule has 0 fully saturated rings. The van der Waals surface area contributed by atoms with Gasteiger partial charge in [-0.25, -0.2) is 19.6 Å². The van der Waals surface area contributed by atoms with Crippen LogP contribution in [0.1, 0.15) is 39.0 Å². The highest BCUT2D eigenvalue weighted by Crippen LogP contribution is 2.08. The zero-order valence-electron chi connectivity index (χ0n) is 10.4. The maximum absolute atomic E-state index is 9.96. The number of hydrogen-bond acceptors (Lipinski definition) is 5. The van der Waals surface area contributed by atoms with Crippen molar-refractivity contribution in [1.29, 1.82) is 0 Å². The number of nitrogens with zero attached hydrogens (tertiary/aromatic N) is 2. The maximum Gasteiger partial charge on any atom is 0.234 e. The number of hydrogen-bond donors (Lipinski definition) is 0. The van der Waals surface area contributed by atoms with Gasteiger partial charge in [0.25, 0.3) is 0 Å². The van der Waals surface area contributed by atoms with Gasteiger partial charge in [-0.1, -0.05) is 13.3 Å². The molecular weight excluding hydrogens is 220 g/mol. The van der Waals surface area contributed by atoms with Gasteiger partial charge in [0, 0.05) is 6.61 Å². The fourth-order valence-corrected chi connectivity index (χ4v) is 1.40. The summed E-state index contributed by atoms with van der Waals surface area (Å²) >= 11 is 0. The first-order valence-electron chi connectivity index (χ1n) is 6.04. The summed E-state index contributed by atoms with van der Waals surface area (Å²) < 4.78 is 5.68. The molecule has 0 aromatic heterocycles. The van der Waals surface area contributed by atoms with Gasteiger partial charge >= 0.3 is 0 Å².